The zero-order valence-electron chi connectivity index (χ0n) is 14.8. The summed E-state index contributed by atoms with van der Waals surface area (Å²) in [5.41, 5.74) is 1.28. The summed E-state index contributed by atoms with van der Waals surface area (Å²) in [5, 5.41) is 0. The van der Waals surface area contributed by atoms with Gasteiger partial charge in [-0.1, -0.05) is 0 Å². The summed E-state index contributed by atoms with van der Waals surface area (Å²) >= 11 is 1.54. The van der Waals surface area contributed by atoms with Crippen LogP contribution in [0.3, 0.4) is 0 Å². The van der Waals surface area contributed by atoms with Gasteiger partial charge in [0.2, 0.25) is 0 Å². The summed E-state index contributed by atoms with van der Waals surface area (Å²) in [5.74, 6) is 2.44. The minimum absolute atomic E-state index is 0. The molecule has 0 saturated carbocycles. The molecule has 0 radical (unpaired) electrons. The smallest absolute Gasteiger partial charge is 0 e. The van der Waals surface area contributed by atoms with Crippen LogP contribution in [0.25, 0.3) is 0 Å². The van der Waals surface area contributed by atoms with Gasteiger partial charge in [0.1, 0.15) is 0 Å². The molecule has 0 aliphatic rings. The maximum absolute atomic E-state index is 3.67. The molecular formula is C17H27W5-. The van der Waals surface area contributed by atoms with Gasteiger partial charge in [-0.2, -0.15) is 0 Å². The van der Waals surface area contributed by atoms with E-state index in [9.17, 15) is 0 Å². The molecule has 0 saturated heterocycles. The van der Waals surface area contributed by atoms with Gasteiger partial charge in [0, 0.05) is 63.2 Å². The average Bonchev–Trinajstić information content (AvgIpc) is 2.22. The van der Waals surface area contributed by atoms with E-state index >= 15 is 0 Å². The molecule has 0 rings (SSSR count). The molecule has 0 aromatic rings. The molecule has 0 aliphatic carbocycles. The molecule has 0 N–H and O–H groups in total. The molecule has 0 amide bonds. The van der Waals surface area contributed by atoms with Crippen molar-refractivity contribution in [1.82, 2.24) is 0 Å². The number of hydrogen-bond donors (Lipinski definition) is 0. The van der Waals surface area contributed by atoms with E-state index in [4.69, 9.17) is 0 Å². The maximum atomic E-state index is 3.67. The molecule has 0 spiro atoms. The van der Waals surface area contributed by atoms with Crippen molar-refractivity contribution in [3.05, 3.63) is 29.7 Å². The Hall–Kier alpha value is 2.79. The van der Waals surface area contributed by atoms with Crippen LogP contribution in [0, 0.1) is 35.3 Å². The molecule has 22 heavy (non-hydrogen) atoms. The van der Waals surface area contributed by atoms with Crippen molar-refractivity contribution in [2.24, 2.45) is 17.3 Å². The molecule has 5 heteroatoms. The molecule has 0 heterocycles. The number of hydrogen-bond acceptors (Lipinski definition) is 0. The molecular weight excluding hydrogens is 1120 g/mol. The van der Waals surface area contributed by atoms with E-state index in [0.29, 0.717) is 11.8 Å². The second-order valence-corrected chi connectivity index (χ2v) is 7.73. The fraction of sp³-hybridized carbons (Fsp3) is 0.647. The Morgan fingerprint density at radius 3 is 1.73 bits per heavy atom. The Labute approximate surface area is 207 Å². The van der Waals surface area contributed by atoms with Gasteiger partial charge in [0.15, 0.2) is 0 Å². The van der Waals surface area contributed by atoms with Gasteiger partial charge >= 0.3 is 147 Å². The van der Waals surface area contributed by atoms with E-state index in [-0.39, 0.29) is 89.7 Å². The molecule has 0 fully saturated rings. The Kier molecular flexibility index (Phi) is 28.0. The predicted octanol–water partition coefficient (Wildman–Crippen LogP) is 4.74. The first-order valence-electron chi connectivity index (χ1n) is 6.67. The third-order valence-electron chi connectivity index (χ3n) is 3.05. The Morgan fingerprint density at radius 1 is 1.05 bits per heavy atom. The van der Waals surface area contributed by atoms with Crippen LogP contribution in [0.2, 0.25) is 0 Å². The Bertz CT molecular complexity index is 339. The van der Waals surface area contributed by atoms with E-state index in [1.54, 1.807) is 0 Å². The number of allylic oxidation sites excluding steroid dienone is 4. The second-order valence-electron chi connectivity index (χ2n) is 6.15. The molecule has 0 unspecified atom stereocenters. The van der Waals surface area contributed by atoms with E-state index in [0.717, 1.165) is 0 Å². The molecule has 0 atom stereocenters. The summed E-state index contributed by atoms with van der Waals surface area (Å²) < 4.78 is 1.47. The van der Waals surface area contributed by atoms with Crippen LogP contribution in [0.5, 0.6) is 0 Å². The summed E-state index contributed by atoms with van der Waals surface area (Å²) in [6.07, 6.45) is 9.21. The summed E-state index contributed by atoms with van der Waals surface area (Å²) in [6.45, 7) is 17.6. The van der Waals surface area contributed by atoms with Crippen molar-refractivity contribution in [3.8, 4) is 0 Å². The molecule has 0 aromatic carbocycles. The SMILES string of the molecule is C[C-](C)C(C)(C)[C-]=C(C=[C-]C(C)C)[C](=[W])C(C)C.[W+2].[W].[W].[W]. The van der Waals surface area contributed by atoms with Crippen LogP contribution >= 0.6 is 0 Å². The predicted molar refractivity (Wildman–Crippen MR) is 77.6 cm³/mol. The largest absolute Gasteiger partial charge is 2.00 e. The summed E-state index contributed by atoms with van der Waals surface area (Å²) in [4.78, 5) is 0. The molecule has 0 aromatic heterocycles. The first-order valence-corrected chi connectivity index (χ1v) is 8.13. The molecule has 126 valence electrons. The van der Waals surface area contributed by atoms with E-state index in [1.807, 2.05) is 0 Å². The first-order chi connectivity index (χ1) is 8.08. The quantitative estimate of drug-likeness (QED) is 0.267. The molecule has 0 nitrogen and oxygen atoms in total. The normalized spacial score (nSPS) is 11.7. The topological polar surface area (TPSA) is 0 Å². The van der Waals surface area contributed by atoms with Gasteiger partial charge in [-0.25, -0.2) is 0 Å². The van der Waals surface area contributed by atoms with Gasteiger partial charge in [-0.05, 0) is 0 Å². The van der Waals surface area contributed by atoms with Gasteiger partial charge in [0.25, 0.3) is 0 Å². The van der Waals surface area contributed by atoms with Crippen LogP contribution in [0.1, 0.15) is 55.4 Å². The monoisotopic (exact) mass is 1150 g/mol. The van der Waals surface area contributed by atoms with Crippen molar-refractivity contribution < 1.29 is 104 Å². The molecule has 0 aliphatic heterocycles. The maximum Gasteiger partial charge on any atom is 2.00 e. The Morgan fingerprint density at radius 2 is 1.45 bits per heavy atom. The van der Waals surface area contributed by atoms with Crippen molar-refractivity contribution in [3.63, 3.8) is 0 Å². The van der Waals surface area contributed by atoms with Crippen LogP contribution in [-0.4, -0.2) is 3.90 Å². The first kappa shape index (κ1) is 35.8. The van der Waals surface area contributed by atoms with Gasteiger partial charge in [0.05, 0.1) is 0 Å². The number of rotatable bonds is 6. The zero-order valence-corrected chi connectivity index (χ0v) is 29.4. The van der Waals surface area contributed by atoms with E-state index in [2.05, 4.69) is 73.6 Å². The van der Waals surface area contributed by atoms with Crippen LogP contribution in [0.15, 0.2) is 11.6 Å². The summed E-state index contributed by atoms with van der Waals surface area (Å²) in [6, 6.07) is 0. The third-order valence-corrected chi connectivity index (χ3v) is 5.53. The van der Waals surface area contributed by atoms with Gasteiger partial charge in [-0.3, -0.25) is 0 Å². The van der Waals surface area contributed by atoms with Crippen LogP contribution < -0.4 is 0 Å². The van der Waals surface area contributed by atoms with Crippen molar-refractivity contribution >= 4 is 3.90 Å². The Balaban J connectivity index is -0.000000241. The zero-order chi connectivity index (χ0) is 14.5. The second kappa shape index (κ2) is 17.2. The fourth-order valence-electron chi connectivity index (χ4n) is 1.19. The fourth-order valence-corrected chi connectivity index (χ4v) is 1.59. The van der Waals surface area contributed by atoms with Gasteiger partial charge < -0.3 is 0 Å². The van der Waals surface area contributed by atoms with Crippen molar-refractivity contribution in [2.45, 2.75) is 55.4 Å². The average molecular weight is 1150 g/mol. The summed E-state index contributed by atoms with van der Waals surface area (Å²) in [7, 11) is 0. The van der Waals surface area contributed by atoms with E-state index < -0.39 is 0 Å². The van der Waals surface area contributed by atoms with E-state index in [1.165, 1.54) is 34.7 Å². The minimum atomic E-state index is 0. The van der Waals surface area contributed by atoms with Crippen molar-refractivity contribution in [2.75, 3.05) is 0 Å². The standard InChI is InChI=1S/C17H27.5W/c1-13(2)9-10-16(11-14(3)4)12-17(7,8)15(5)6;;;;;/h10,13-14H,1-8H3;;;;;/q-3;;;;;+2. The van der Waals surface area contributed by atoms with Crippen LogP contribution in [-0.2, 0) is 104 Å². The van der Waals surface area contributed by atoms with Gasteiger partial charge in [-0.15, -0.1) is 0 Å². The molecule has 0 bridgehead atoms. The van der Waals surface area contributed by atoms with Crippen molar-refractivity contribution in [1.29, 1.82) is 0 Å². The minimum Gasteiger partial charge on any atom is 0 e. The third kappa shape index (κ3) is 15.1. The van der Waals surface area contributed by atoms with Crippen LogP contribution in [0.4, 0.5) is 0 Å².